The van der Waals surface area contributed by atoms with Gasteiger partial charge in [0, 0.05) is 93.8 Å². The molecule has 0 bridgehead atoms. The molecule has 0 radical (unpaired) electrons. The van der Waals surface area contributed by atoms with E-state index < -0.39 is 53.9 Å². The summed E-state index contributed by atoms with van der Waals surface area (Å²) in [6.07, 6.45) is 2.10. The van der Waals surface area contributed by atoms with Crippen molar-refractivity contribution in [2.45, 2.75) is 89.6 Å². The minimum Gasteiger partial charge on any atom is -0.511 e. The second-order valence-electron chi connectivity index (χ2n) is 19.4. The van der Waals surface area contributed by atoms with Crippen LogP contribution in [-0.2, 0) is 46.7 Å². The van der Waals surface area contributed by atoms with Crippen LogP contribution in [0.5, 0.6) is 0 Å². The van der Waals surface area contributed by atoms with Gasteiger partial charge in [0.1, 0.15) is 30.5 Å². The summed E-state index contributed by atoms with van der Waals surface area (Å²) in [5.41, 5.74) is 8.65. The highest BCUT2D eigenvalue weighted by Gasteiger charge is 2.40. The summed E-state index contributed by atoms with van der Waals surface area (Å²) in [6, 6.07) is 17.4. The third-order valence-electron chi connectivity index (χ3n) is 13.6. The SMILES string of the molecule is CC(C)[C@H](NC(=O)CN1CCN(CCN=CC2=C(O)CC(c3ccccc3)CC2=O)CC1)C(=O)N[C@@H](CCCNC(N)=O)C(=O)Nc1ccc(COC(=O)Nc2cccc3c2CN(C2CCC(=O)NC2=O)C3=O)cc1. The maximum absolute atomic E-state index is 13.8. The number of piperidine rings is 1. The van der Waals surface area contributed by atoms with E-state index in [0.717, 1.165) is 5.56 Å². The number of ketones is 1. The largest absolute Gasteiger partial charge is 0.511 e. The summed E-state index contributed by atoms with van der Waals surface area (Å²) in [4.78, 5) is 125. The first-order valence-electron chi connectivity index (χ1n) is 25.2. The summed E-state index contributed by atoms with van der Waals surface area (Å²) in [5, 5.41) is 26.5. The van der Waals surface area contributed by atoms with E-state index in [1.807, 2.05) is 35.2 Å². The molecule has 0 saturated carbocycles. The lowest BCUT2D eigenvalue weighted by Crippen LogP contribution is -2.56. The smallest absolute Gasteiger partial charge is 0.411 e. The highest BCUT2D eigenvalue weighted by atomic mass is 16.5. The van der Waals surface area contributed by atoms with Crippen molar-refractivity contribution < 1.29 is 53.0 Å². The van der Waals surface area contributed by atoms with Gasteiger partial charge in [-0.15, -0.1) is 0 Å². The molecule has 3 aliphatic heterocycles. The number of benzene rings is 3. The average molecular weight is 1030 g/mol. The van der Waals surface area contributed by atoms with Gasteiger partial charge in [-0.25, -0.2) is 9.59 Å². The van der Waals surface area contributed by atoms with Gasteiger partial charge in [-0.3, -0.25) is 59.0 Å². The number of piperazine rings is 1. The van der Waals surface area contributed by atoms with E-state index in [1.54, 1.807) is 56.3 Å². The van der Waals surface area contributed by atoms with E-state index in [2.05, 4.69) is 41.8 Å². The Labute approximate surface area is 434 Å². The number of nitrogens with zero attached hydrogens (tertiary/aromatic N) is 4. The third kappa shape index (κ3) is 15.1. The number of primary amides is 1. The number of urea groups is 1. The summed E-state index contributed by atoms with van der Waals surface area (Å²) < 4.78 is 5.45. The lowest BCUT2D eigenvalue weighted by atomic mass is 9.83. The van der Waals surface area contributed by atoms with E-state index >= 15 is 0 Å². The Balaban J connectivity index is 0.852. The summed E-state index contributed by atoms with van der Waals surface area (Å²) in [6.45, 7) is 7.30. The Morgan fingerprint density at radius 1 is 0.880 bits per heavy atom. The molecular formula is C53H65N11O11. The van der Waals surface area contributed by atoms with Crippen molar-refractivity contribution in [3.63, 3.8) is 0 Å². The van der Waals surface area contributed by atoms with Crippen molar-refractivity contribution in [1.29, 1.82) is 0 Å². The molecule has 9 amide bonds. The van der Waals surface area contributed by atoms with Crippen LogP contribution in [0.1, 0.15) is 85.3 Å². The molecule has 22 heteroatoms. The number of hydrogen-bond donors (Lipinski definition) is 8. The van der Waals surface area contributed by atoms with Crippen molar-refractivity contribution in [3.05, 3.63) is 106 Å². The predicted molar refractivity (Wildman–Crippen MR) is 276 cm³/mol. The molecular weight excluding hydrogens is 967 g/mol. The van der Waals surface area contributed by atoms with E-state index in [9.17, 15) is 48.3 Å². The van der Waals surface area contributed by atoms with E-state index in [0.29, 0.717) is 80.2 Å². The molecule has 398 valence electrons. The van der Waals surface area contributed by atoms with Crippen molar-refractivity contribution >= 4 is 70.9 Å². The second kappa shape index (κ2) is 25.8. The molecule has 3 aromatic carbocycles. The minimum absolute atomic E-state index is 0.0560. The zero-order chi connectivity index (χ0) is 53.6. The second-order valence-corrected chi connectivity index (χ2v) is 19.4. The van der Waals surface area contributed by atoms with Gasteiger partial charge in [0.05, 0.1) is 18.7 Å². The number of Topliss-reactive ketones (excluding diaryl/α,β-unsaturated/α-hetero) is 1. The van der Waals surface area contributed by atoms with E-state index in [-0.39, 0.29) is 92.7 Å². The van der Waals surface area contributed by atoms with Crippen LogP contribution in [0.15, 0.2) is 89.1 Å². The topological polar surface area (TPSA) is 303 Å². The van der Waals surface area contributed by atoms with Crippen LogP contribution in [0, 0.1) is 5.92 Å². The first kappa shape index (κ1) is 54.8. The zero-order valence-corrected chi connectivity index (χ0v) is 42.1. The number of carbonyl (C=O) groups is 9. The van der Waals surface area contributed by atoms with Crippen LogP contribution in [-0.4, -0.2) is 150 Å². The number of aliphatic imine (C=N–C) groups is 1. The standard InChI is InChI=1S/C53H65N11O11/c1-32(2)47(60-46(68)30-63-24-22-62(23-25-63)21-20-55-28-38-43(65)26-35(27-44(38)66)34-8-4-3-5-9-34)50(71)58-41(12-7-19-56-52(54)73)48(69)57-36-15-13-33(14-16-36)31-75-53(74)59-40-11-6-10-37-39(40)29-64(51(37)72)42-17-18-45(67)61-49(42)70/h3-6,8-11,13-16,28,32,35,41-42,47,65H,7,12,17-27,29-31H2,1-2H3,(H,57,69)(H,58,71)(H,59,74)(H,60,68)(H3,54,56,73)(H,61,67,70)/t35?,41-,42?,47-/m0/s1. The lowest BCUT2D eigenvalue weighted by molar-refractivity contribution is -0.137. The van der Waals surface area contributed by atoms with Crippen LogP contribution in [0.2, 0.25) is 0 Å². The molecule has 3 aromatic rings. The Morgan fingerprint density at radius 2 is 1.61 bits per heavy atom. The molecule has 2 fully saturated rings. The molecule has 9 N–H and O–H groups in total. The lowest BCUT2D eigenvalue weighted by Gasteiger charge is -2.34. The van der Waals surface area contributed by atoms with Gasteiger partial charge in [0.25, 0.3) is 5.91 Å². The average Bonchev–Trinajstić information content (AvgIpc) is 3.72. The number of nitrogens with two attached hydrogens (primary N) is 1. The quantitative estimate of drug-likeness (QED) is 0.0433. The Hall–Kier alpha value is -7.98. The number of aliphatic hydroxyl groups excluding tert-OH is 1. The van der Waals surface area contributed by atoms with Crippen LogP contribution in [0.4, 0.5) is 21.0 Å². The maximum Gasteiger partial charge on any atom is 0.411 e. The number of anilines is 2. The predicted octanol–water partition coefficient (Wildman–Crippen LogP) is 2.86. The van der Waals surface area contributed by atoms with Crippen LogP contribution < -0.4 is 37.6 Å². The highest BCUT2D eigenvalue weighted by Crippen LogP contribution is 2.34. The monoisotopic (exact) mass is 1030 g/mol. The molecule has 4 atom stereocenters. The molecule has 3 heterocycles. The Morgan fingerprint density at radius 3 is 2.31 bits per heavy atom. The first-order chi connectivity index (χ1) is 36.0. The fourth-order valence-electron chi connectivity index (χ4n) is 9.46. The number of hydrogen-bond acceptors (Lipinski definition) is 14. The number of ether oxygens (including phenoxy) is 1. The number of imide groups is 1. The van der Waals surface area contributed by atoms with Crippen molar-refractivity contribution in [2.24, 2.45) is 16.6 Å². The van der Waals surface area contributed by atoms with E-state index in [4.69, 9.17) is 10.5 Å². The molecule has 4 aliphatic rings. The molecule has 2 unspecified atom stereocenters. The number of nitrogens with one attached hydrogen (secondary N) is 6. The number of rotatable bonds is 21. The number of allylic oxidation sites excluding steroid dienone is 2. The summed E-state index contributed by atoms with van der Waals surface area (Å²) in [5.74, 6) is -3.27. The van der Waals surface area contributed by atoms with Crippen LogP contribution >= 0.6 is 0 Å². The van der Waals surface area contributed by atoms with Gasteiger partial charge in [-0.1, -0.05) is 62.4 Å². The fourth-order valence-corrected chi connectivity index (χ4v) is 9.46. The summed E-state index contributed by atoms with van der Waals surface area (Å²) >= 11 is 0. The molecule has 22 nitrogen and oxygen atoms in total. The van der Waals surface area contributed by atoms with Gasteiger partial charge in [0.2, 0.25) is 29.5 Å². The number of fused-ring (bicyclic) bond motifs is 1. The molecule has 0 aromatic heterocycles. The van der Waals surface area contributed by atoms with Gasteiger partial charge < -0.3 is 41.7 Å². The molecule has 2 saturated heterocycles. The van der Waals surface area contributed by atoms with Gasteiger partial charge in [0.15, 0.2) is 5.78 Å². The summed E-state index contributed by atoms with van der Waals surface area (Å²) in [7, 11) is 0. The maximum atomic E-state index is 13.8. The molecule has 0 spiro atoms. The van der Waals surface area contributed by atoms with Crippen molar-refractivity contribution in [2.75, 3.05) is 63.0 Å². The minimum atomic E-state index is -1.07. The fraction of sp³-hybridized carbons (Fsp3) is 0.434. The van der Waals surface area contributed by atoms with Crippen LogP contribution in [0.25, 0.3) is 0 Å². The Bertz CT molecular complexity index is 2690. The number of carbonyl (C=O) groups excluding carboxylic acids is 9. The van der Waals surface area contributed by atoms with Gasteiger partial charge >= 0.3 is 12.1 Å². The highest BCUT2D eigenvalue weighted by molar-refractivity contribution is 6.14. The first-order valence-corrected chi connectivity index (χ1v) is 25.2. The third-order valence-corrected chi connectivity index (χ3v) is 13.6. The molecule has 1 aliphatic carbocycles. The molecule has 7 rings (SSSR count). The normalized spacial score (nSPS) is 19.1. The van der Waals surface area contributed by atoms with Crippen molar-refractivity contribution in [1.82, 2.24) is 36.0 Å². The van der Waals surface area contributed by atoms with Gasteiger partial charge in [-0.2, -0.15) is 0 Å². The van der Waals surface area contributed by atoms with Crippen molar-refractivity contribution in [3.8, 4) is 0 Å². The number of amides is 9. The van der Waals surface area contributed by atoms with Crippen LogP contribution in [0.3, 0.4) is 0 Å². The van der Waals surface area contributed by atoms with E-state index in [1.165, 1.54) is 11.1 Å². The number of aliphatic hydroxyl groups is 1. The van der Waals surface area contributed by atoms with Gasteiger partial charge in [-0.05, 0) is 66.5 Å². The molecule has 75 heavy (non-hydrogen) atoms. The zero-order valence-electron chi connectivity index (χ0n) is 42.1. The Kier molecular flexibility index (Phi) is 18.8.